The van der Waals surface area contributed by atoms with E-state index >= 15 is 0 Å². The summed E-state index contributed by atoms with van der Waals surface area (Å²) in [5.74, 6) is -1.18. The number of aliphatic carboxylic acids is 1. The minimum absolute atomic E-state index is 0.0432. The Labute approximate surface area is 96.1 Å². The molecule has 1 heterocycles. The van der Waals surface area contributed by atoms with Crippen molar-refractivity contribution in [3.05, 3.63) is 40.4 Å². The van der Waals surface area contributed by atoms with Gasteiger partial charge < -0.3 is 9.84 Å². The number of ketones is 1. The van der Waals surface area contributed by atoms with Crippen LogP contribution in [0.5, 0.6) is 5.75 Å². The summed E-state index contributed by atoms with van der Waals surface area (Å²) in [6, 6.07) is 4.85. The highest BCUT2D eigenvalue weighted by Gasteiger charge is 2.26. The molecule has 16 heavy (non-hydrogen) atoms. The lowest BCUT2D eigenvalue weighted by Gasteiger charge is -2.18. The number of carboxylic acid groups (broad SMARTS) is 1. The van der Waals surface area contributed by atoms with Crippen LogP contribution in [0.4, 0.5) is 0 Å². The molecule has 0 unspecified atom stereocenters. The molecule has 1 aromatic rings. The van der Waals surface area contributed by atoms with Crippen LogP contribution >= 0.6 is 11.6 Å². The molecule has 1 aromatic carbocycles. The van der Waals surface area contributed by atoms with Gasteiger partial charge in [0, 0.05) is 11.6 Å². The van der Waals surface area contributed by atoms with Crippen LogP contribution in [0.15, 0.2) is 29.8 Å². The maximum Gasteiger partial charge on any atom is 0.328 e. The van der Waals surface area contributed by atoms with Gasteiger partial charge in [0.15, 0.2) is 5.78 Å². The summed E-state index contributed by atoms with van der Waals surface area (Å²) < 4.78 is 5.25. The molecule has 0 radical (unpaired) electrons. The van der Waals surface area contributed by atoms with Gasteiger partial charge in [0.05, 0.1) is 10.6 Å². The third kappa shape index (κ3) is 1.79. The number of halogens is 1. The second-order valence-electron chi connectivity index (χ2n) is 3.24. The Morgan fingerprint density at radius 3 is 2.94 bits per heavy atom. The number of rotatable bonds is 1. The van der Waals surface area contributed by atoms with Crippen molar-refractivity contribution in [2.45, 2.75) is 0 Å². The minimum Gasteiger partial charge on any atom is -0.488 e. The van der Waals surface area contributed by atoms with Gasteiger partial charge in [-0.25, -0.2) is 4.79 Å². The second kappa shape index (κ2) is 3.98. The number of hydrogen-bond donors (Lipinski definition) is 1. The molecule has 0 fully saturated rings. The third-order valence-corrected chi connectivity index (χ3v) is 2.49. The Hall–Kier alpha value is -1.81. The van der Waals surface area contributed by atoms with E-state index in [9.17, 15) is 9.59 Å². The van der Waals surface area contributed by atoms with Gasteiger partial charge in [-0.3, -0.25) is 4.79 Å². The predicted molar refractivity (Wildman–Crippen MR) is 57.0 cm³/mol. The molecule has 2 rings (SSSR count). The lowest BCUT2D eigenvalue weighted by Crippen LogP contribution is -2.20. The largest absolute Gasteiger partial charge is 0.488 e. The zero-order chi connectivity index (χ0) is 11.7. The van der Waals surface area contributed by atoms with Crippen LogP contribution in [0.3, 0.4) is 0 Å². The number of Topliss-reactive ketones (excluding diaryl/α,β-unsaturated/α-hetero) is 1. The van der Waals surface area contributed by atoms with Gasteiger partial charge in [0.1, 0.15) is 12.4 Å². The fourth-order valence-electron chi connectivity index (χ4n) is 1.48. The molecule has 1 N–H and O–H groups in total. The molecule has 82 valence electrons. The van der Waals surface area contributed by atoms with Crippen LogP contribution in [0.1, 0.15) is 10.4 Å². The number of carbonyl (C=O) groups excluding carboxylic acids is 1. The van der Waals surface area contributed by atoms with Crippen molar-refractivity contribution in [1.29, 1.82) is 0 Å². The Balaban J connectivity index is 2.50. The highest BCUT2D eigenvalue weighted by atomic mass is 35.5. The SMILES string of the molecule is O=C(O)C=C1COc2cccc(Cl)c2C1=O. The van der Waals surface area contributed by atoms with E-state index in [0.29, 0.717) is 5.75 Å². The Bertz CT molecular complexity index is 505. The van der Waals surface area contributed by atoms with E-state index in [1.165, 1.54) is 0 Å². The molecule has 0 aliphatic carbocycles. The van der Waals surface area contributed by atoms with Gasteiger partial charge >= 0.3 is 5.97 Å². The summed E-state index contributed by atoms with van der Waals surface area (Å²) in [5, 5.41) is 8.85. The minimum atomic E-state index is -1.18. The number of benzene rings is 1. The summed E-state index contributed by atoms with van der Waals surface area (Å²) in [6.45, 7) is -0.0432. The molecular weight excluding hydrogens is 232 g/mol. The fraction of sp³-hybridized carbons (Fsp3) is 0.0909. The number of carboxylic acids is 1. The number of fused-ring (bicyclic) bond motifs is 1. The molecule has 0 saturated carbocycles. The monoisotopic (exact) mass is 238 g/mol. The van der Waals surface area contributed by atoms with Crippen molar-refractivity contribution in [3.8, 4) is 5.75 Å². The average Bonchev–Trinajstić information content (AvgIpc) is 2.22. The Morgan fingerprint density at radius 2 is 2.25 bits per heavy atom. The molecular formula is C11H7ClO4. The van der Waals surface area contributed by atoms with Crippen molar-refractivity contribution < 1.29 is 19.4 Å². The molecule has 0 spiro atoms. The first-order valence-corrected chi connectivity index (χ1v) is 4.87. The fourth-order valence-corrected chi connectivity index (χ4v) is 1.73. The molecule has 0 atom stereocenters. The standard InChI is InChI=1S/C11H7ClO4/c12-7-2-1-3-8-10(7)11(15)6(5-16-8)4-9(13)14/h1-4H,5H2,(H,13,14). The van der Waals surface area contributed by atoms with Crippen LogP contribution in [-0.4, -0.2) is 23.5 Å². The van der Waals surface area contributed by atoms with E-state index in [0.717, 1.165) is 6.08 Å². The number of carbonyl (C=O) groups is 2. The van der Waals surface area contributed by atoms with Crippen LogP contribution < -0.4 is 4.74 Å². The summed E-state index contributed by atoms with van der Waals surface area (Å²) in [7, 11) is 0. The van der Waals surface area contributed by atoms with Gasteiger partial charge in [0.2, 0.25) is 0 Å². The second-order valence-corrected chi connectivity index (χ2v) is 3.65. The maximum atomic E-state index is 11.9. The van der Waals surface area contributed by atoms with E-state index < -0.39 is 11.8 Å². The van der Waals surface area contributed by atoms with Crippen LogP contribution in [-0.2, 0) is 4.79 Å². The first kappa shape index (κ1) is 10.7. The molecule has 0 bridgehead atoms. The first-order valence-electron chi connectivity index (χ1n) is 4.49. The molecule has 0 amide bonds. The quantitative estimate of drug-likeness (QED) is 0.760. The lowest BCUT2D eigenvalue weighted by molar-refractivity contribution is -0.131. The van der Waals surface area contributed by atoms with Crippen molar-refractivity contribution in [2.24, 2.45) is 0 Å². The van der Waals surface area contributed by atoms with Crippen LogP contribution in [0.2, 0.25) is 5.02 Å². The van der Waals surface area contributed by atoms with Gasteiger partial charge in [-0.1, -0.05) is 17.7 Å². The zero-order valence-electron chi connectivity index (χ0n) is 8.07. The number of ether oxygens (including phenoxy) is 1. The zero-order valence-corrected chi connectivity index (χ0v) is 8.82. The van der Waals surface area contributed by atoms with Gasteiger partial charge in [-0.05, 0) is 12.1 Å². The molecule has 5 heteroatoms. The molecule has 0 saturated heterocycles. The van der Waals surface area contributed by atoms with E-state index in [1.54, 1.807) is 18.2 Å². The summed E-state index contributed by atoms with van der Waals surface area (Å²) in [4.78, 5) is 22.4. The Morgan fingerprint density at radius 1 is 1.50 bits per heavy atom. The smallest absolute Gasteiger partial charge is 0.328 e. The predicted octanol–water partition coefficient (Wildman–Crippen LogP) is 1.93. The average molecular weight is 239 g/mol. The van der Waals surface area contributed by atoms with E-state index in [1.807, 2.05) is 0 Å². The van der Waals surface area contributed by atoms with Crippen LogP contribution in [0, 0.1) is 0 Å². The van der Waals surface area contributed by atoms with Crippen LogP contribution in [0.25, 0.3) is 0 Å². The van der Waals surface area contributed by atoms with Gasteiger partial charge in [0.25, 0.3) is 0 Å². The summed E-state index contributed by atoms with van der Waals surface area (Å²) in [5.41, 5.74) is 0.316. The molecule has 0 aromatic heterocycles. The van der Waals surface area contributed by atoms with Crippen molar-refractivity contribution in [1.82, 2.24) is 0 Å². The van der Waals surface area contributed by atoms with Gasteiger partial charge in [-0.2, -0.15) is 0 Å². The van der Waals surface area contributed by atoms with E-state index in [-0.39, 0.29) is 22.8 Å². The third-order valence-electron chi connectivity index (χ3n) is 2.17. The van der Waals surface area contributed by atoms with E-state index in [2.05, 4.69) is 0 Å². The maximum absolute atomic E-state index is 11.9. The summed E-state index contributed by atoms with van der Waals surface area (Å²) >= 11 is 5.86. The lowest BCUT2D eigenvalue weighted by atomic mass is 10.00. The normalized spacial score (nSPS) is 16.8. The van der Waals surface area contributed by atoms with E-state index in [4.69, 9.17) is 21.4 Å². The van der Waals surface area contributed by atoms with Gasteiger partial charge in [-0.15, -0.1) is 0 Å². The number of hydrogen-bond acceptors (Lipinski definition) is 3. The Kier molecular flexibility index (Phi) is 2.66. The first-order chi connectivity index (χ1) is 7.59. The highest BCUT2D eigenvalue weighted by molar-refractivity contribution is 6.35. The molecule has 1 aliphatic rings. The molecule has 1 aliphatic heterocycles. The van der Waals surface area contributed by atoms with Crippen molar-refractivity contribution in [3.63, 3.8) is 0 Å². The topological polar surface area (TPSA) is 63.6 Å². The highest BCUT2D eigenvalue weighted by Crippen LogP contribution is 2.32. The molecule has 4 nitrogen and oxygen atoms in total. The van der Waals surface area contributed by atoms with Crippen molar-refractivity contribution >= 4 is 23.4 Å². The van der Waals surface area contributed by atoms with Crippen molar-refractivity contribution in [2.75, 3.05) is 6.61 Å². The summed E-state index contributed by atoms with van der Waals surface area (Å²) in [6.07, 6.45) is 0.842.